The highest BCUT2D eigenvalue weighted by Crippen LogP contribution is 2.65. The van der Waals surface area contributed by atoms with Crippen LogP contribution in [0.1, 0.15) is 26.7 Å². The summed E-state index contributed by atoms with van der Waals surface area (Å²) in [7, 11) is 0. The number of allylic oxidation sites excluding steroid dienone is 8. The minimum absolute atomic E-state index is 0.131. The van der Waals surface area contributed by atoms with Gasteiger partial charge in [0.15, 0.2) is 0 Å². The van der Waals surface area contributed by atoms with E-state index in [1.54, 1.807) is 18.7 Å². The summed E-state index contributed by atoms with van der Waals surface area (Å²) in [6.45, 7) is 3.55. The van der Waals surface area contributed by atoms with Crippen LogP contribution in [-0.2, 0) is 14.3 Å². The molecule has 1 atom stereocenters. The number of Topliss-reactive ketones (excluding diaryl/α,β-unsaturated/α-hetero) is 1. The van der Waals surface area contributed by atoms with Crippen LogP contribution in [0.25, 0.3) is 0 Å². The lowest BCUT2D eigenvalue weighted by molar-refractivity contribution is -0.151. The van der Waals surface area contributed by atoms with Crippen molar-refractivity contribution in [1.29, 1.82) is 0 Å². The zero-order chi connectivity index (χ0) is 17.3. The average molecular weight is 342 g/mol. The van der Waals surface area contributed by atoms with E-state index >= 15 is 0 Å². The summed E-state index contributed by atoms with van der Waals surface area (Å²) in [5.74, 6) is -1.32. The zero-order valence-electron chi connectivity index (χ0n) is 14.3. The van der Waals surface area contributed by atoms with Crippen LogP contribution in [-0.4, -0.2) is 29.4 Å². The summed E-state index contributed by atoms with van der Waals surface area (Å²) in [5.41, 5.74) is 4.73. The molecule has 0 aromatic heterocycles. The Morgan fingerprint density at radius 1 is 1.17 bits per heavy atom. The van der Waals surface area contributed by atoms with Crippen molar-refractivity contribution in [2.75, 3.05) is 12.9 Å². The molecule has 0 aromatic carbocycles. The van der Waals surface area contributed by atoms with Gasteiger partial charge in [0.05, 0.1) is 11.4 Å². The van der Waals surface area contributed by atoms with E-state index in [0.717, 1.165) is 24.0 Å². The fourth-order valence-corrected chi connectivity index (χ4v) is 5.12. The Labute approximate surface area is 147 Å². The molecule has 0 fully saturated rings. The van der Waals surface area contributed by atoms with Crippen LogP contribution >= 0.6 is 11.8 Å². The van der Waals surface area contributed by atoms with Crippen LogP contribution in [0.4, 0.5) is 0 Å². The van der Waals surface area contributed by atoms with Gasteiger partial charge in [-0.15, -0.1) is 11.8 Å². The fraction of sp³-hybridized carbons (Fsp3) is 0.400. The van der Waals surface area contributed by atoms with Crippen molar-refractivity contribution >= 4 is 23.5 Å². The molecule has 3 rings (SSSR count). The Balaban J connectivity index is 2.04. The van der Waals surface area contributed by atoms with E-state index in [1.165, 1.54) is 18.1 Å². The van der Waals surface area contributed by atoms with Gasteiger partial charge < -0.3 is 4.74 Å². The van der Waals surface area contributed by atoms with E-state index < -0.39 is 16.6 Å². The zero-order valence-corrected chi connectivity index (χ0v) is 15.1. The third-order valence-corrected chi connectivity index (χ3v) is 6.06. The van der Waals surface area contributed by atoms with Gasteiger partial charge in [-0.1, -0.05) is 36.5 Å². The Kier molecular flexibility index (Phi) is 4.68. The molecular weight excluding hydrogens is 320 g/mol. The monoisotopic (exact) mass is 342 g/mol. The molecule has 0 heterocycles. The number of rotatable bonds is 7. The first-order valence-corrected chi connectivity index (χ1v) is 9.50. The Morgan fingerprint density at radius 3 is 2.04 bits per heavy atom. The smallest absolute Gasteiger partial charge is 0.318 e. The predicted octanol–water partition coefficient (Wildman–Crippen LogP) is 3.94. The van der Waals surface area contributed by atoms with Gasteiger partial charge in [0.2, 0.25) is 0 Å². The molecule has 3 aliphatic carbocycles. The quantitative estimate of drug-likeness (QED) is 0.519. The summed E-state index contributed by atoms with van der Waals surface area (Å²) in [6, 6.07) is 0. The molecule has 24 heavy (non-hydrogen) atoms. The fourth-order valence-electron chi connectivity index (χ4n) is 3.80. The third-order valence-electron chi connectivity index (χ3n) is 4.77. The number of carbonyl (C=O) groups excluding carboxylic acids is 2. The standard InChI is InChI=1S/C20H22O3S/c1-4-23-19(22)16(13(2)21)20(24-3)17(14-9-5-6-10-14)18(20)15-11-7-8-12-15/h5-9,11,16H,4,10,12H2,1-3H3. The maximum Gasteiger partial charge on any atom is 0.318 e. The van der Waals surface area contributed by atoms with Crippen LogP contribution < -0.4 is 0 Å². The molecule has 0 saturated carbocycles. The minimum atomic E-state index is -0.777. The molecule has 3 nitrogen and oxygen atoms in total. The van der Waals surface area contributed by atoms with Crippen molar-refractivity contribution in [3.8, 4) is 0 Å². The molecule has 0 bridgehead atoms. The summed E-state index contributed by atoms with van der Waals surface area (Å²) in [5, 5.41) is 0. The van der Waals surface area contributed by atoms with Crippen molar-refractivity contribution in [3.63, 3.8) is 0 Å². The summed E-state index contributed by atoms with van der Waals surface area (Å²) < 4.78 is 4.67. The van der Waals surface area contributed by atoms with E-state index in [4.69, 9.17) is 4.74 Å². The number of ketones is 1. The largest absolute Gasteiger partial charge is 0.465 e. The summed E-state index contributed by atoms with van der Waals surface area (Å²) in [4.78, 5) is 25.0. The third kappa shape index (κ3) is 2.53. The maximum atomic E-state index is 12.6. The van der Waals surface area contributed by atoms with Crippen LogP contribution in [0.5, 0.6) is 0 Å². The number of esters is 1. The normalized spacial score (nSPS) is 21.6. The highest BCUT2D eigenvalue weighted by atomic mass is 32.2. The summed E-state index contributed by atoms with van der Waals surface area (Å²) in [6.07, 6.45) is 16.2. The molecule has 3 aliphatic rings. The van der Waals surface area contributed by atoms with Crippen LogP contribution in [0.15, 0.2) is 58.7 Å². The maximum absolute atomic E-state index is 12.6. The van der Waals surface area contributed by atoms with Gasteiger partial charge in [-0.25, -0.2) is 0 Å². The number of hydrogen-bond donors (Lipinski definition) is 0. The second-order valence-electron chi connectivity index (χ2n) is 6.13. The van der Waals surface area contributed by atoms with Crippen LogP contribution in [0, 0.1) is 5.92 Å². The SMILES string of the molecule is CCOC(=O)C(C(C)=O)C1(SC)C(C2=CC=CC2)=C1C1=CC=CC1. The number of hydrogen-bond acceptors (Lipinski definition) is 4. The lowest BCUT2D eigenvalue weighted by Gasteiger charge is -2.26. The first-order valence-electron chi connectivity index (χ1n) is 8.27. The molecule has 0 N–H and O–H groups in total. The first kappa shape index (κ1) is 17.0. The van der Waals surface area contributed by atoms with Crippen molar-refractivity contribution in [2.45, 2.75) is 31.4 Å². The molecule has 1 unspecified atom stereocenters. The molecule has 4 heteroatoms. The van der Waals surface area contributed by atoms with Gasteiger partial charge >= 0.3 is 5.97 Å². The molecule has 0 amide bonds. The molecule has 0 aromatic rings. The van der Waals surface area contributed by atoms with Gasteiger partial charge in [-0.3, -0.25) is 9.59 Å². The van der Waals surface area contributed by atoms with Gasteiger partial charge in [0.25, 0.3) is 0 Å². The second-order valence-corrected chi connectivity index (χ2v) is 7.19. The Bertz CT molecular complexity index is 694. The molecule has 0 radical (unpaired) electrons. The van der Waals surface area contributed by atoms with Crippen LogP contribution in [0.3, 0.4) is 0 Å². The van der Waals surface area contributed by atoms with Crippen molar-refractivity contribution in [3.05, 3.63) is 58.7 Å². The highest BCUT2D eigenvalue weighted by Gasteiger charge is 2.63. The molecule has 126 valence electrons. The molecule has 0 aliphatic heterocycles. The topological polar surface area (TPSA) is 43.4 Å². The Morgan fingerprint density at radius 2 is 1.71 bits per heavy atom. The van der Waals surface area contributed by atoms with Gasteiger partial charge in [0.1, 0.15) is 11.7 Å². The van der Waals surface area contributed by atoms with Crippen molar-refractivity contribution in [1.82, 2.24) is 0 Å². The average Bonchev–Trinajstić information content (AvgIpc) is 3.02. The minimum Gasteiger partial charge on any atom is -0.465 e. The van der Waals surface area contributed by atoms with E-state index in [0.29, 0.717) is 0 Å². The molecule has 0 spiro atoms. The van der Waals surface area contributed by atoms with E-state index in [-0.39, 0.29) is 12.4 Å². The highest BCUT2D eigenvalue weighted by molar-refractivity contribution is 8.00. The number of thioether (sulfide) groups is 1. The predicted molar refractivity (Wildman–Crippen MR) is 97.8 cm³/mol. The molecule has 0 saturated heterocycles. The van der Waals surface area contributed by atoms with Gasteiger partial charge in [-0.05, 0) is 55.2 Å². The second kappa shape index (κ2) is 6.60. The Hall–Kier alpha value is -1.81. The van der Waals surface area contributed by atoms with E-state index in [2.05, 4.69) is 24.3 Å². The molecular formula is C20H22O3S. The van der Waals surface area contributed by atoms with E-state index in [9.17, 15) is 9.59 Å². The lowest BCUT2D eigenvalue weighted by atomic mass is 9.90. The first-order chi connectivity index (χ1) is 11.6. The van der Waals surface area contributed by atoms with Crippen molar-refractivity contribution < 1.29 is 14.3 Å². The van der Waals surface area contributed by atoms with Crippen molar-refractivity contribution in [2.24, 2.45) is 5.92 Å². The van der Waals surface area contributed by atoms with Crippen LogP contribution in [0.2, 0.25) is 0 Å². The van der Waals surface area contributed by atoms with Gasteiger partial charge in [-0.2, -0.15) is 0 Å². The van der Waals surface area contributed by atoms with E-state index in [1.807, 2.05) is 18.4 Å². The number of ether oxygens (including phenoxy) is 1. The van der Waals surface area contributed by atoms with Gasteiger partial charge in [0, 0.05) is 0 Å². The lowest BCUT2D eigenvalue weighted by Crippen LogP contribution is -2.38. The number of carbonyl (C=O) groups is 2. The summed E-state index contributed by atoms with van der Waals surface area (Å²) >= 11 is 1.59.